The highest BCUT2D eigenvalue weighted by Crippen LogP contribution is 2.35. The van der Waals surface area contributed by atoms with E-state index in [2.05, 4.69) is 22.8 Å². The molecular weight excluding hydrogens is 382 g/mol. The zero-order valence-electron chi connectivity index (χ0n) is 16.4. The van der Waals surface area contributed by atoms with Crippen LogP contribution in [0, 0.1) is 0 Å². The van der Waals surface area contributed by atoms with E-state index in [4.69, 9.17) is 4.74 Å². The minimum Gasteiger partial charge on any atom is -0.496 e. The van der Waals surface area contributed by atoms with Gasteiger partial charge in [-0.25, -0.2) is 0 Å². The molecule has 29 heavy (non-hydrogen) atoms. The first-order chi connectivity index (χ1) is 14.2. The van der Waals surface area contributed by atoms with E-state index in [-0.39, 0.29) is 11.0 Å². The smallest absolute Gasteiger partial charge is 0.192 e. The van der Waals surface area contributed by atoms with Crippen LogP contribution in [0.3, 0.4) is 0 Å². The summed E-state index contributed by atoms with van der Waals surface area (Å²) in [5, 5.41) is 9.40. The number of carbonyl (C=O) groups excluding carboxylic acids is 1. The van der Waals surface area contributed by atoms with Crippen LogP contribution >= 0.6 is 11.8 Å². The molecule has 1 aliphatic carbocycles. The molecule has 0 saturated heterocycles. The maximum absolute atomic E-state index is 13.2. The molecule has 0 aliphatic heterocycles. The van der Waals surface area contributed by atoms with Crippen molar-refractivity contribution in [2.24, 2.45) is 0 Å². The second-order valence-electron chi connectivity index (χ2n) is 6.93. The van der Waals surface area contributed by atoms with E-state index in [9.17, 15) is 4.79 Å². The third-order valence-electron chi connectivity index (χ3n) is 5.11. The summed E-state index contributed by atoms with van der Waals surface area (Å²) in [6, 6.07) is 15.7. The quantitative estimate of drug-likeness (QED) is 0.435. The fourth-order valence-corrected chi connectivity index (χ4v) is 4.85. The molecule has 0 N–H and O–H groups in total. The number of hydrogen-bond acceptors (Lipinski definition) is 5. The van der Waals surface area contributed by atoms with Gasteiger partial charge in [0.1, 0.15) is 5.75 Å². The molecule has 1 heterocycles. The first-order valence-corrected chi connectivity index (χ1v) is 10.6. The molecule has 1 aliphatic rings. The normalized spacial score (nSPS) is 16.2. The van der Waals surface area contributed by atoms with Gasteiger partial charge in [-0.05, 0) is 37.0 Å². The van der Waals surface area contributed by atoms with E-state index in [0.29, 0.717) is 12.4 Å². The Morgan fingerprint density at radius 2 is 1.93 bits per heavy atom. The van der Waals surface area contributed by atoms with Crippen molar-refractivity contribution in [3.63, 3.8) is 0 Å². The Bertz CT molecular complexity index is 1040. The third kappa shape index (κ3) is 3.85. The maximum Gasteiger partial charge on any atom is 0.192 e. The zero-order chi connectivity index (χ0) is 20.2. The largest absolute Gasteiger partial charge is 0.496 e. The number of aryl methyl sites for hydroxylation is 1. The van der Waals surface area contributed by atoms with E-state index in [1.807, 2.05) is 53.1 Å². The van der Waals surface area contributed by atoms with Gasteiger partial charge in [-0.3, -0.25) is 9.36 Å². The van der Waals surface area contributed by atoms with Crippen molar-refractivity contribution < 1.29 is 9.53 Å². The van der Waals surface area contributed by atoms with Gasteiger partial charge >= 0.3 is 0 Å². The number of carbonyl (C=O) groups is 1. The summed E-state index contributed by atoms with van der Waals surface area (Å²) >= 11 is 1.50. The van der Waals surface area contributed by atoms with Gasteiger partial charge in [0.2, 0.25) is 0 Å². The highest BCUT2D eigenvalue weighted by molar-refractivity contribution is 8.00. The van der Waals surface area contributed by atoms with E-state index >= 15 is 0 Å². The van der Waals surface area contributed by atoms with Crippen LogP contribution in [0.1, 0.15) is 28.8 Å². The molecule has 0 spiro atoms. The first kappa shape index (κ1) is 19.5. The number of rotatable bonds is 6. The van der Waals surface area contributed by atoms with Gasteiger partial charge in [0.15, 0.2) is 16.8 Å². The number of nitrogens with zero attached hydrogens (tertiary/aromatic N) is 3. The number of thioether (sulfide) groups is 1. The number of Topliss-reactive ketones (excluding diaryl/α,β-unsaturated/α-hetero) is 1. The fourth-order valence-electron chi connectivity index (χ4n) is 3.70. The van der Waals surface area contributed by atoms with Gasteiger partial charge < -0.3 is 4.74 Å². The average Bonchev–Trinajstić information content (AvgIpc) is 3.07. The van der Waals surface area contributed by atoms with Gasteiger partial charge in [0.25, 0.3) is 0 Å². The fraction of sp³-hybridized carbons (Fsp3) is 0.261. The van der Waals surface area contributed by atoms with Gasteiger partial charge in [0, 0.05) is 12.1 Å². The molecule has 0 saturated carbocycles. The summed E-state index contributed by atoms with van der Waals surface area (Å²) in [5.41, 5.74) is 2.85. The second-order valence-corrected chi connectivity index (χ2v) is 8.10. The van der Waals surface area contributed by atoms with Crippen LogP contribution in [-0.4, -0.2) is 32.9 Å². The topological polar surface area (TPSA) is 57.0 Å². The number of ether oxygens (including phenoxy) is 1. The van der Waals surface area contributed by atoms with Crippen LogP contribution in [0.4, 0.5) is 0 Å². The standard InChI is InChI=1S/C23H23N3O2S/c1-3-15-26-22(18-12-6-7-13-19(18)28-2)24-25-23(26)29-20-14-8-10-16-9-4-5-11-17(16)21(20)27/h3-7,9,11-13,20H,1,8,10,14-15H2,2H3. The Kier molecular flexibility index (Phi) is 5.81. The molecule has 3 aromatic rings. The van der Waals surface area contributed by atoms with Gasteiger partial charge in [0.05, 0.1) is 17.9 Å². The molecule has 4 rings (SSSR count). The Morgan fingerprint density at radius 1 is 1.17 bits per heavy atom. The lowest BCUT2D eigenvalue weighted by Gasteiger charge is -2.14. The van der Waals surface area contributed by atoms with E-state index < -0.39 is 0 Å². The molecular formula is C23H23N3O2S. The Labute approximate surface area is 174 Å². The van der Waals surface area contributed by atoms with Crippen LogP contribution < -0.4 is 4.74 Å². The molecule has 2 aromatic carbocycles. The van der Waals surface area contributed by atoms with Gasteiger partial charge in [-0.15, -0.1) is 16.8 Å². The number of methoxy groups -OCH3 is 1. The molecule has 148 valence electrons. The summed E-state index contributed by atoms with van der Waals surface area (Å²) in [5.74, 6) is 1.63. The van der Waals surface area contributed by atoms with Crippen LogP contribution in [0.15, 0.2) is 66.3 Å². The van der Waals surface area contributed by atoms with Gasteiger partial charge in [-0.1, -0.05) is 54.2 Å². The summed E-state index contributed by atoms with van der Waals surface area (Å²) in [6.07, 6.45) is 4.56. The summed E-state index contributed by atoms with van der Waals surface area (Å²) < 4.78 is 7.50. The number of benzene rings is 2. The summed E-state index contributed by atoms with van der Waals surface area (Å²) in [7, 11) is 1.64. The summed E-state index contributed by atoms with van der Waals surface area (Å²) in [6.45, 7) is 4.43. The van der Waals surface area contributed by atoms with Crippen molar-refractivity contribution in [3.05, 3.63) is 72.3 Å². The molecule has 0 fully saturated rings. The number of allylic oxidation sites excluding steroid dienone is 1. The van der Waals surface area contributed by atoms with E-state index in [1.54, 1.807) is 7.11 Å². The first-order valence-electron chi connectivity index (χ1n) is 9.69. The molecule has 1 atom stereocenters. The van der Waals surface area contributed by atoms with Crippen LogP contribution in [-0.2, 0) is 13.0 Å². The highest BCUT2D eigenvalue weighted by Gasteiger charge is 2.28. The number of ketones is 1. The number of para-hydroxylation sites is 1. The van der Waals surface area contributed by atoms with Crippen LogP contribution in [0.5, 0.6) is 5.75 Å². The van der Waals surface area contributed by atoms with E-state index in [1.165, 1.54) is 11.8 Å². The second kappa shape index (κ2) is 8.66. The zero-order valence-corrected chi connectivity index (χ0v) is 17.2. The Hall–Kier alpha value is -2.86. The van der Waals surface area contributed by atoms with Crippen molar-refractivity contribution in [1.82, 2.24) is 14.8 Å². The lowest BCUT2D eigenvalue weighted by atomic mass is 10.0. The average molecular weight is 406 g/mol. The Balaban J connectivity index is 1.68. The predicted octanol–water partition coefficient (Wildman–Crippen LogP) is 4.82. The van der Waals surface area contributed by atoms with Crippen LogP contribution in [0.2, 0.25) is 0 Å². The minimum absolute atomic E-state index is 0.170. The van der Waals surface area contributed by atoms with Crippen molar-refractivity contribution in [1.29, 1.82) is 0 Å². The molecule has 0 bridgehead atoms. The van der Waals surface area contributed by atoms with Gasteiger partial charge in [-0.2, -0.15) is 0 Å². The van der Waals surface area contributed by atoms with Crippen molar-refractivity contribution in [2.45, 2.75) is 36.2 Å². The molecule has 5 nitrogen and oxygen atoms in total. The molecule has 6 heteroatoms. The molecule has 0 amide bonds. The van der Waals surface area contributed by atoms with Crippen molar-refractivity contribution >= 4 is 17.5 Å². The predicted molar refractivity (Wildman–Crippen MR) is 116 cm³/mol. The number of aromatic nitrogens is 3. The lowest BCUT2D eigenvalue weighted by molar-refractivity contribution is 0.0988. The SMILES string of the molecule is C=CCn1c(SC2CCCc3ccccc3C2=O)nnc1-c1ccccc1OC. The lowest BCUT2D eigenvalue weighted by Crippen LogP contribution is -2.17. The monoisotopic (exact) mass is 405 g/mol. The minimum atomic E-state index is -0.170. The molecule has 1 unspecified atom stereocenters. The van der Waals surface area contributed by atoms with Crippen LogP contribution in [0.25, 0.3) is 11.4 Å². The molecule has 0 radical (unpaired) electrons. The Morgan fingerprint density at radius 3 is 2.72 bits per heavy atom. The number of hydrogen-bond donors (Lipinski definition) is 0. The number of fused-ring (bicyclic) bond motifs is 1. The van der Waals surface area contributed by atoms with Crippen molar-refractivity contribution in [3.8, 4) is 17.1 Å². The third-order valence-corrected chi connectivity index (χ3v) is 6.36. The molecule has 1 aromatic heterocycles. The highest BCUT2D eigenvalue weighted by atomic mass is 32.2. The van der Waals surface area contributed by atoms with Crippen molar-refractivity contribution in [2.75, 3.05) is 7.11 Å². The van der Waals surface area contributed by atoms with E-state index in [0.717, 1.165) is 46.9 Å². The maximum atomic E-state index is 13.2. The summed E-state index contributed by atoms with van der Waals surface area (Å²) in [4.78, 5) is 13.2.